The fourth-order valence-corrected chi connectivity index (χ4v) is 10.1. The van der Waals surface area contributed by atoms with Crippen LogP contribution in [0.4, 0.5) is 8.78 Å². The SMILES string of the molecule is O=S(=O)(CC1(C2CCCC(c3cc(F)cc(F)c3)N2S(=O)(=O)c2ccc(Cl)cc2)CC1)N1CCC(O)C1. The van der Waals surface area contributed by atoms with Gasteiger partial charge < -0.3 is 5.11 Å². The van der Waals surface area contributed by atoms with E-state index in [0.717, 1.165) is 18.2 Å². The highest BCUT2D eigenvalue weighted by Gasteiger charge is 2.59. The van der Waals surface area contributed by atoms with Crippen molar-refractivity contribution in [3.05, 3.63) is 64.7 Å². The summed E-state index contributed by atoms with van der Waals surface area (Å²) in [6, 6.07) is 7.16. The minimum Gasteiger partial charge on any atom is -0.392 e. The Morgan fingerprint density at radius 3 is 2.19 bits per heavy atom. The van der Waals surface area contributed by atoms with E-state index in [1.165, 1.54) is 32.9 Å². The molecule has 0 aromatic heterocycles. The first-order valence-electron chi connectivity index (χ1n) is 12.3. The first-order valence-corrected chi connectivity index (χ1v) is 15.8. The number of hydrogen-bond donors (Lipinski definition) is 1. The standard InChI is InChI=1S/C25H29ClF2N2O5S2/c26-18-4-6-22(7-5-18)37(34,35)30-23(17-12-19(27)14-20(28)13-17)2-1-3-24(30)25(9-10-25)16-36(32,33)29-11-8-21(31)15-29/h4-7,12-14,21,23-24,31H,1-3,8-11,15-16H2. The highest BCUT2D eigenvalue weighted by Crippen LogP contribution is 2.57. The van der Waals surface area contributed by atoms with Gasteiger partial charge >= 0.3 is 0 Å². The third kappa shape index (κ3) is 5.31. The molecule has 0 radical (unpaired) electrons. The van der Waals surface area contributed by atoms with Crippen LogP contribution in [0.25, 0.3) is 0 Å². The molecule has 2 aromatic carbocycles. The average molecular weight is 575 g/mol. The maximum Gasteiger partial charge on any atom is 0.243 e. The molecule has 2 heterocycles. The summed E-state index contributed by atoms with van der Waals surface area (Å²) >= 11 is 5.98. The van der Waals surface area contributed by atoms with E-state index in [9.17, 15) is 30.7 Å². The fraction of sp³-hybridized carbons (Fsp3) is 0.520. The lowest BCUT2D eigenvalue weighted by Crippen LogP contribution is -2.52. The van der Waals surface area contributed by atoms with Crippen molar-refractivity contribution in [1.29, 1.82) is 0 Å². The lowest BCUT2D eigenvalue weighted by molar-refractivity contribution is 0.126. The normalized spacial score (nSPS) is 26.9. The zero-order valence-corrected chi connectivity index (χ0v) is 22.5. The third-order valence-corrected chi connectivity index (χ3v) is 12.1. The predicted molar refractivity (Wildman–Crippen MR) is 135 cm³/mol. The van der Waals surface area contributed by atoms with Crippen LogP contribution < -0.4 is 0 Å². The summed E-state index contributed by atoms with van der Waals surface area (Å²) in [6.07, 6.45) is 2.03. The number of β-amino-alcohol motifs (C(OH)–C–C–N with tert-alkyl or cyclic N) is 1. The van der Waals surface area contributed by atoms with Crippen molar-refractivity contribution >= 4 is 31.6 Å². The second kappa shape index (κ2) is 9.84. The molecular weight excluding hydrogens is 546 g/mol. The molecular formula is C25H29ClF2N2O5S2. The number of aliphatic hydroxyl groups excluding tert-OH is 1. The Kier molecular flexibility index (Phi) is 7.17. The molecule has 2 aliphatic heterocycles. The lowest BCUT2D eigenvalue weighted by atomic mass is 9.86. The molecule has 1 aliphatic carbocycles. The van der Waals surface area contributed by atoms with Crippen LogP contribution >= 0.6 is 11.6 Å². The largest absolute Gasteiger partial charge is 0.392 e. The molecule has 37 heavy (non-hydrogen) atoms. The van der Waals surface area contributed by atoms with Crippen LogP contribution in [0, 0.1) is 17.0 Å². The summed E-state index contributed by atoms with van der Waals surface area (Å²) < 4.78 is 85.8. The van der Waals surface area contributed by atoms with Crippen LogP contribution in [-0.4, -0.2) is 61.5 Å². The van der Waals surface area contributed by atoms with E-state index in [4.69, 9.17) is 11.6 Å². The molecule has 5 rings (SSSR count). The molecule has 0 spiro atoms. The Morgan fingerprint density at radius 2 is 1.62 bits per heavy atom. The van der Waals surface area contributed by atoms with Crippen LogP contribution in [-0.2, 0) is 20.0 Å². The van der Waals surface area contributed by atoms with Gasteiger partial charge in [-0.1, -0.05) is 11.6 Å². The van der Waals surface area contributed by atoms with Crippen molar-refractivity contribution < 1.29 is 30.7 Å². The minimum atomic E-state index is -4.20. The topological polar surface area (TPSA) is 95.0 Å². The summed E-state index contributed by atoms with van der Waals surface area (Å²) in [5.74, 6) is -1.86. The average Bonchev–Trinajstić information content (AvgIpc) is 3.46. The van der Waals surface area contributed by atoms with E-state index >= 15 is 0 Å². The number of aliphatic hydroxyl groups is 1. The molecule has 0 bridgehead atoms. The quantitative estimate of drug-likeness (QED) is 0.538. The Labute approximate surface area is 221 Å². The van der Waals surface area contributed by atoms with E-state index in [-0.39, 0.29) is 29.3 Å². The van der Waals surface area contributed by atoms with E-state index in [1.54, 1.807) is 0 Å². The summed E-state index contributed by atoms with van der Waals surface area (Å²) in [6.45, 7) is 0.253. The van der Waals surface area contributed by atoms with E-state index in [1.807, 2.05) is 0 Å². The van der Waals surface area contributed by atoms with Crippen molar-refractivity contribution in [2.45, 2.75) is 61.6 Å². The van der Waals surface area contributed by atoms with Gasteiger partial charge in [-0.2, -0.15) is 8.61 Å². The van der Waals surface area contributed by atoms with E-state index in [2.05, 4.69) is 0 Å². The Balaban J connectivity index is 1.57. The van der Waals surface area contributed by atoms with Crippen LogP contribution in [0.15, 0.2) is 47.4 Å². The van der Waals surface area contributed by atoms with Gasteiger partial charge in [0, 0.05) is 35.6 Å². The zero-order chi connectivity index (χ0) is 26.6. The number of sulfonamides is 2. The fourth-order valence-electron chi connectivity index (χ4n) is 5.85. The second-order valence-electron chi connectivity index (χ2n) is 10.4. The Morgan fingerprint density at radius 1 is 0.973 bits per heavy atom. The molecule has 12 heteroatoms. The van der Waals surface area contributed by atoms with Gasteiger partial charge in [0.2, 0.25) is 20.0 Å². The summed E-state index contributed by atoms with van der Waals surface area (Å²) in [5, 5.41) is 10.2. The van der Waals surface area contributed by atoms with Crippen LogP contribution in [0.2, 0.25) is 5.02 Å². The maximum atomic E-state index is 14.2. The maximum absolute atomic E-state index is 14.2. The van der Waals surface area contributed by atoms with E-state index in [0.29, 0.717) is 43.5 Å². The lowest BCUT2D eigenvalue weighted by Gasteiger charge is -2.45. The van der Waals surface area contributed by atoms with Crippen LogP contribution in [0.3, 0.4) is 0 Å². The first-order chi connectivity index (χ1) is 17.4. The van der Waals surface area contributed by atoms with Crippen molar-refractivity contribution in [2.75, 3.05) is 18.8 Å². The number of nitrogens with zero attached hydrogens (tertiary/aromatic N) is 2. The summed E-state index contributed by atoms with van der Waals surface area (Å²) in [4.78, 5) is -0.0213. The van der Waals surface area contributed by atoms with Crippen molar-refractivity contribution in [2.24, 2.45) is 5.41 Å². The molecule has 2 saturated heterocycles. The number of rotatable bonds is 7. The predicted octanol–water partition coefficient (Wildman–Crippen LogP) is 4.08. The second-order valence-corrected chi connectivity index (χ2v) is 14.6. The molecule has 1 N–H and O–H groups in total. The Bertz CT molecular complexity index is 1360. The Hall–Kier alpha value is -1.63. The van der Waals surface area contributed by atoms with Gasteiger partial charge in [-0.15, -0.1) is 0 Å². The van der Waals surface area contributed by atoms with Gasteiger partial charge in [0.15, 0.2) is 0 Å². The number of hydrogen-bond acceptors (Lipinski definition) is 5. The molecule has 3 fully saturated rings. The monoisotopic (exact) mass is 574 g/mol. The van der Waals surface area contributed by atoms with E-state index < -0.39 is 55.3 Å². The molecule has 1 saturated carbocycles. The van der Waals surface area contributed by atoms with Crippen molar-refractivity contribution in [1.82, 2.24) is 8.61 Å². The summed E-state index contributed by atoms with van der Waals surface area (Å²) in [7, 11) is -7.95. The van der Waals surface area contributed by atoms with Gasteiger partial charge in [-0.05, 0) is 80.5 Å². The molecule has 7 nitrogen and oxygen atoms in total. The van der Waals surface area contributed by atoms with Crippen molar-refractivity contribution in [3.63, 3.8) is 0 Å². The third-order valence-electron chi connectivity index (χ3n) is 7.82. The zero-order valence-electron chi connectivity index (χ0n) is 20.1. The number of piperidine rings is 1. The van der Waals surface area contributed by atoms with Crippen LogP contribution in [0.1, 0.15) is 50.1 Å². The molecule has 3 aliphatic rings. The van der Waals surface area contributed by atoms with Crippen LogP contribution in [0.5, 0.6) is 0 Å². The molecule has 0 amide bonds. The highest BCUT2D eigenvalue weighted by molar-refractivity contribution is 7.89. The minimum absolute atomic E-state index is 0.0213. The van der Waals surface area contributed by atoms with Crippen molar-refractivity contribution in [3.8, 4) is 0 Å². The van der Waals surface area contributed by atoms with Gasteiger partial charge in [-0.25, -0.2) is 25.6 Å². The smallest absolute Gasteiger partial charge is 0.243 e. The summed E-state index contributed by atoms with van der Waals surface area (Å²) in [5.41, 5.74) is -0.628. The van der Waals surface area contributed by atoms with Gasteiger partial charge in [-0.3, -0.25) is 0 Å². The molecule has 202 valence electrons. The first kappa shape index (κ1) is 27.0. The van der Waals surface area contributed by atoms with Gasteiger partial charge in [0.1, 0.15) is 11.6 Å². The molecule has 3 atom stereocenters. The van der Waals surface area contributed by atoms with Gasteiger partial charge in [0.25, 0.3) is 0 Å². The van der Waals surface area contributed by atoms with Gasteiger partial charge in [0.05, 0.1) is 22.8 Å². The number of benzene rings is 2. The molecule has 2 aromatic rings. The number of halogens is 3. The molecule has 3 unspecified atom stereocenters. The highest BCUT2D eigenvalue weighted by atomic mass is 35.5.